The van der Waals surface area contributed by atoms with E-state index in [1.165, 1.54) is 31.2 Å². The smallest absolute Gasteiger partial charge is 0.241 e. The molecule has 1 amide bonds. The number of hydrogen-bond acceptors (Lipinski definition) is 3. The van der Waals surface area contributed by atoms with E-state index in [-0.39, 0.29) is 11.9 Å². The molecule has 1 aliphatic carbocycles. The number of hydrogen-bond donors (Lipinski definition) is 1. The van der Waals surface area contributed by atoms with Gasteiger partial charge in [-0.2, -0.15) is 0 Å². The summed E-state index contributed by atoms with van der Waals surface area (Å²) in [5.41, 5.74) is 1.20. The van der Waals surface area contributed by atoms with Crippen molar-refractivity contribution in [2.45, 2.75) is 44.2 Å². The lowest BCUT2D eigenvalue weighted by Gasteiger charge is -2.17. The van der Waals surface area contributed by atoms with Crippen molar-refractivity contribution in [3.63, 3.8) is 0 Å². The molecular weight excluding hydrogens is 264 g/mol. The molecule has 0 bridgehead atoms. The first kappa shape index (κ1) is 14.5. The molecule has 0 radical (unpaired) electrons. The Bertz CT molecular complexity index is 457. The number of amides is 1. The van der Waals surface area contributed by atoms with Crippen LogP contribution in [-0.2, 0) is 16.0 Å². The average molecular weight is 288 g/mol. The van der Waals surface area contributed by atoms with Crippen molar-refractivity contribution in [3.05, 3.63) is 35.9 Å². The third-order valence-electron chi connectivity index (χ3n) is 4.44. The van der Waals surface area contributed by atoms with Crippen LogP contribution in [0.3, 0.4) is 0 Å². The second kappa shape index (κ2) is 7.05. The number of nitrogens with one attached hydrogen (secondary N) is 1. The van der Waals surface area contributed by atoms with Crippen LogP contribution in [0.1, 0.15) is 31.2 Å². The minimum atomic E-state index is -0.0844. The number of ether oxygens (including phenoxy) is 1. The molecule has 1 N–H and O–H groups in total. The quantitative estimate of drug-likeness (QED) is 0.870. The van der Waals surface area contributed by atoms with E-state index in [0.29, 0.717) is 25.9 Å². The van der Waals surface area contributed by atoms with Crippen LogP contribution < -0.4 is 5.32 Å². The van der Waals surface area contributed by atoms with Gasteiger partial charge in [0.1, 0.15) is 0 Å². The van der Waals surface area contributed by atoms with Crippen molar-refractivity contribution >= 4 is 5.91 Å². The predicted molar refractivity (Wildman–Crippen MR) is 81.9 cm³/mol. The molecule has 21 heavy (non-hydrogen) atoms. The Hall–Kier alpha value is -1.39. The van der Waals surface area contributed by atoms with Crippen molar-refractivity contribution < 1.29 is 9.53 Å². The lowest BCUT2D eigenvalue weighted by Crippen LogP contribution is -2.34. The monoisotopic (exact) mass is 288 g/mol. The molecule has 4 heteroatoms. The van der Waals surface area contributed by atoms with Crippen LogP contribution in [0.25, 0.3) is 0 Å². The van der Waals surface area contributed by atoms with Crippen LogP contribution >= 0.6 is 0 Å². The highest BCUT2D eigenvalue weighted by Gasteiger charge is 2.30. The van der Waals surface area contributed by atoms with Crippen LogP contribution in [0.4, 0.5) is 0 Å². The van der Waals surface area contributed by atoms with Crippen molar-refractivity contribution in [2.24, 2.45) is 0 Å². The molecule has 0 aromatic heterocycles. The number of benzene rings is 1. The van der Waals surface area contributed by atoms with Crippen LogP contribution in [0.5, 0.6) is 0 Å². The summed E-state index contributed by atoms with van der Waals surface area (Å²) in [6.45, 7) is 2.01. The van der Waals surface area contributed by atoms with Crippen LogP contribution in [0, 0.1) is 0 Å². The number of nitrogens with zero attached hydrogens (tertiary/aromatic N) is 1. The van der Waals surface area contributed by atoms with E-state index in [4.69, 9.17) is 4.74 Å². The molecule has 1 aromatic rings. The molecule has 1 saturated carbocycles. The fourth-order valence-corrected chi connectivity index (χ4v) is 3.19. The van der Waals surface area contributed by atoms with Crippen molar-refractivity contribution in [1.82, 2.24) is 10.2 Å². The van der Waals surface area contributed by atoms with Gasteiger partial charge in [0.05, 0.1) is 25.4 Å². The first-order chi connectivity index (χ1) is 10.3. The van der Waals surface area contributed by atoms with Gasteiger partial charge in [-0.05, 0) is 24.8 Å². The van der Waals surface area contributed by atoms with E-state index >= 15 is 0 Å². The molecule has 3 rings (SSSR count). The second-order valence-corrected chi connectivity index (χ2v) is 5.98. The maximum atomic E-state index is 12.3. The lowest BCUT2D eigenvalue weighted by molar-refractivity contribution is -0.129. The largest absolute Gasteiger partial charge is 0.376 e. The van der Waals surface area contributed by atoms with E-state index in [2.05, 4.69) is 17.4 Å². The summed E-state index contributed by atoms with van der Waals surface area (Å²) >= 11 is 0. The third-order valence-corrected chi connectivity index (χ3v) is 4.44. The van der Waals surface area contributed by atoms with E-state index in [1.807, 2.05) is 23.1 Å². The van der Waals surface area contributed by atoms with Gasteiger partial charge >= 0.3 is 0 Å². The molecule has 1 aliphatic heterocycles. The van der Waals surface area contributed by atoms with Gasteiger partial charge in [-0.15, -0.1) is 0 Å². The van der Waals surface area contributed by atoms with Gasteiger partial charge in [-0.3, -0.25) is 10.1 Å². The molecule has 1 heterocycles. The van der Waals surface area contributed by atoms with E-state index in [0.717, 1.165) is 6.42 Å². The molecule has 1 unspecified atom stereocenters. The van der Waals surface area contributed by atoms with Gasteiger partial charge in [0.2, 0.25) is 5.91 Å². The SMILES string of the molecule is O=C1C(Cc2ccccc2)NCN1CCOC1CCCC1. The summed E-state index contributed by atoms with van der Waals surface area (Å²) in [6.07, 6.45) is 6.13. The summed E-state index contributed by atoms with van der Waals surface area (Å²) in [6, 6.07) is 10.1. The van der Waals surface area contributed by atoms with E-state index in [1.54, 1.807) is 0 Å². The Balaban J connectivity index is 1.43. The standard InChI is InChI=1S/C17H24N2O2/c20-17-16(12-14-6-2-1-3-7-14)18-13-19(17)10-11-21-15-8-4-5-9-15/h1-3,6-7,15-16,18H,4-5,8-13H2. The Kier molecular flexibility index (Phi) is 4.88. The highest BCUT2D eigenvalue weighted by Crippen LogP contribution is 2.20. The molecule has 1 aromatic carbocycles. The lowest BCUT2D eigenvalue weighted by atomic mass is 10.1. The molecule has 1 atom stereocenters. The molecule has 0 spiro atoms. The first-order valence-electron chi connectivity index (χ1n) is 8.00. The van der Waals surface area contributed by atoms with E-state index in [9.17, 15) is 4.79 Å². The minimum absolute atomic E-state index is 0.0844. The summed E-state index contributed by atoms with van der Waals surface area (Å²) in [7, 11) is 0. The topological polar surface area (TPSA) is 41.6 Å². The minimum Gasteiger partial charge on any atom is -0.376 e. The summed E-state index contributed by atoms with van der Waals surface area (Å²) in [5, 5.41) is 3.30. The van der Waals surface area contributed by atoms with Crippen molar-refractivity contribution in [3.8, 4) is 0 Å². The molecule has 1 saturated heterocycles. The first-order valence-corrected chi connectivity index (χ1v) is 8.00. The van der Waals surface area contributed by atoms with Gasteiger partial charge in [0.25, 0.3) is 0 Å². The Morgan fingerprint density at radius 2 is 1.95 bits per heavy atom. The molecule has 2 fully saturated rings. The average Bonchev–Trinajstić information content (AvgIpc) is 3.13. The van der Waals surface area contributed by atoms with Gasteiger partial charge in [-0.25, -0.2) is 0 Å². The fourth-order valence-electron chi connectivity index (χ4n) is 3.19. The second-order valence-electron chi connectivity index (χ2n) is 5.98. The molecular formula is C17H24N2O2. The highest BCUT2D eigenvalue weighted by atomic mass is 16.5. The summed E-state index contributed by atoms with van der Waals surface area (Å²) in [5.74, 6) is 0.203. The Morgan fingerprint density at radius 3 is 2.71 bits per heavy atom. The molecule has 114 valence electrons. The van der Waals surface area contributed by atoms with Gasteiger partial charge in [0, 0.05) is 6.54 Å². The zero-order valence-electron chi connectivity index (χ0n) is 12.5. The van der Waals surface area contributed by atoms with Gasteiger partial charge < -0.3 is 9.64 Å². The number of carbonyl (C=O) groups is 1. The van der Waals surface area contributed by atoms with Gasteiger partial charge in [0.15, 0.2) is 0 Å². The summed E-state index contributed by atoms with van der Waals surface area (Å²) < 4.78 is 5.85. The zero-order chi connectivity index (χ0) is 14.5. The van der Waals surface area contributed by atoms with Crippen LogP contribution in [0.2, 0.25) is 0 Å². The Morgan fingerprint density at radius 1 is 1.19 bits per heavy atom. The maximum Gasteiger partial charge on any atom is 0.241 e. The van der Waals surface area contributed by atoms with E-state index < -0.39 is 0 Å². The van der Waals surface area contributed by atoms with Crippen molar-refractivity contribution in [1.29, 1.82) is 0 Å². The summed E-state index contributed by atoms with van der Waals surface area (Å²) in [4.78, 5) is 14.2. The van der Waals surface area contributed by atoms with Gasteiger partial charge in [-0.1, -0.05) is 43.2 Å². The van der Waals surface area contributed by atoms with Crippen LogP contribution in [0.15, 0.2) is 30.3 Å². The maximum absolute atomic E-state index is 12.3. The highest BCUT2D eigenvalue weighted by molar-refractivity contribution is 5.84. The number of carbonyl (C=O) groups excluding carboxylic acids is 1. The third kappa shape index (κ3) is 3.83. The fraction of sp³-hybridized carbons (Fsp3) is 0.588. The normalized spacial score (nSPS) is 23.1. The predicted octanol–water partition coefficient (Wildman–Crippen LogP) is 1.95. The zero-order valence-corrected chi connectivity index (χ0v) is 12.5. The molecule has 4 nitrogen and oxygen atoms in total. The van der Waals surface area contributed by atoms with Crippen molar-refractivity contribution in [2.75, 3.05) is 19.8 Å². The molecule has 2 aliphatic rings. The number of rotatable bonds is 6. The Labute approximate surface area is 126 Å². The van der Waals surface area contributed by atoms with Crippen LogP contribution in [-0.4, -0.2) is 42.8 Å².